The topological polar surface area (TPSA) is 23.5 Å². The predicted molar refractivity (Wildman–Crippen MR) is 67.4 cm³/mol. The third-order valence-corrected chi connectivity index (χ3v) is 4.42. The molecular formula is C14H27NO. The minimum absolute atomic E-state index is 0.0591. The van der Waals surface area contributed by atoms with Crippen LogP contribution in [-0.4, -0.2) is 34.7 Å². The van der Waals surface area contributed by atoms with Crippen molar-refractivity contribution < 1.29 is 5.11 Å². The molecule has 0 aliphatic heterocycles. The van der Waals surface area contributed by atoms with E-state index in [-0.39, 0.29) is 6.10 Å². The van der Waals surface area contributed by atoms with Crippen LogP contribution in [-0.2, 0) is 0 Å². The monoisotopic (exact) mass is 225 g/mol. The third-order valence-electron chi connectivity index (χ3n) is 4.42. The third kappa shape index (κ3) is 2.60. The second-order valence-electron chi connectivity index (χ2n) is 6.40. The first-order valence-corrected chi connectivity index (χ1v) is 6.98. The van der Waals surface area contributed by atoms with Gasteiger partial charge in [-0.25, -0.2) is 0 Å². The summed E-state index contributed by atoms with van der Waals surface area (Å²) in [6, 6.07) is 1.43. The van der Waals surface area contributed by atoms with Crippen molar-refractivity contribution >= 4 is 0 Å². The van der Waals surface area contributed by atoms with Crippen molar-refractivity contribution in [1.29, 1.82) is 0 Å². The van der Waals surface area contributed by atoms with Gasteiger partial charge in [-0.05, 0) is 50.5 Å². The average Bonchev–Trinajstić information content (AvgIpc) is 3.02. The Morgan fingerprint density at radius 2 is 1.94 bits per heavy atom. The van der Waals surface area contributed by atoms with Crippen molar-refractivity contribution in [2.45, 2.75) is 77.5 Å². The minimum Gasteiger partial charge on any atom is -0.393 e. The van der Waals surface area contributed by atoms with Gasteiger partial charge in [-0.1, -0.05) is 20.8 Å². The van der Waals surface area contributed by atoms with E-state index in [9.17, 15) is 5.11 Å². The lowest BCUT2D eigenvalue weighted by molar-refractivity contribution is -0.0152. The van der Waals surface area contributed by atoms with Gasteiger partial charge in [-0.3, -0.25) is 4.90 Å². The van der Waals surface area contributed by atoms with Crippen LogP contribution in [0.1, 0.15) is 59.3 Å². The van der Waals surface area contributed by atoms with E-state index in [0.29, 0.717) is 11.5 Å². The van der Waals surface area contributed by atoms with Crippen molar-refractivity contribution in [2.24, 2.45) is 5.41 Å². The SMILES string of the molecule is CCCN(C1CC1)C1CC(O)CCC1(C)C. The molecule has 2 atom stereocenters. The molecule has 2 rings (SSSR count). The van der Waals surface area contributed by atoms with Crippen molar-refractivity contribution in [3.63, 3.8) is 0 Å². The van der Waals surface area contributed by atoms with E-state index >= 15 is 0 Å². The lowest BCUT2D eigenvalue weighted by Gasteiger charge is -2.47. The Labute approximate surface area is 100 Å². The molecule has 0 aromatic carbocycles. The zero-order chi connectivity index (χ0) is 11.8. The van der Waals surface area contributed by atoms with E-state index in [2.05, 4.69) is 25.7 Å². The Bertz CT molecular complexity index is 235. The van der Waals surface area contributed by atoms with E-state index in [1.54, 1.807) is 0 Å². The highest BCUT2D eigenvalue weighted by Gasteiger charge is 2.43. The minimum atomic E-state index is -0.0591. The summed E-state index contributed by atoms with van der Waals surface area (Å²) < 4.78 is 0. The Kier molecular flexibility index (Phi) is 3.60. The van der Waals surface area contributed by atoms with Crippen LogP contribution < -0.4 is 0 Å². The van der Waals surface area contributed by atoms with Crippen LogP contribution in [0.2, 0.25) is 0 Å². The van der Waals surface area contributed by atoms with Crippen molar-refractivity contribution in [3.8, 4) is 0 Å². The molecule has 2 unspecified atom stereocenters. The first-order chi connectivity index (χ1) is 7.54. The lowest BCUT2D eigenvalue weighted by Crippen LogP contribution is -2.51. The van der Waals surface area contributed by atoms with E-state index in [0.717, 1.165) is 18.9 Å². The first kappa shape index (κ1) is 12.4. The molecule has 2 fully saturated rings. The molecule has 16 heavy (non-hydrogen) atoms. The van der Waals surface area contributed by atoms with Gasteiger partial charge >= 0.3 is 0 Å². The van der Waals surface area contributed by atoms with Gasteiger partial charge in [-0.2, -0.15) is 0 Å². The van der Waals surface area contributed by atoms with E-state index in [1.807, 2.05) is 0 Å². The maximum atomic E-state index is 9.90. The van der Waals surface area contributed by atoms with Crippen LogP contribution in [0.4, 0.5) is 0 Å². The van der Waals surface area contributed by atoms with Gasteiger partial charge in [0.15, 0.2) is 0 Å². The van der Waals surface area contributed by atoms with Crippen molar-refractivity contribution in [2.75, 3.05) is 6.54 Å². The zero-order valence-electron chi connectivity index (χ0n) is 11.1. The van der Waals surface area contributed by atoms with Crippen molar-refractivity contribution in [1.82, 2.24) is 4.90 Å². The van der Waals surface area contributed by atoms with Gasteiger partial charge in [-0.15, -0.1) is 0 Å². The maximum absolute atomic E-state index is 9.90. The number of hydrogen-bond acceptors (Lipinski definition) is 2. The molecule has 0 radical (unpaired) electrons. The van der Waals surface area contributed by atoms with Crippen molar-refractivity contribution in [3.05, 3.63) is 0 Å². The summed E-state index contributed by atoms with van der Waals surface area (Å²) in [7, 11) is 0. The normalized spacial score (nSPS) is 34.3. The highest BCUT2D eigenvalue weighted by Crippen LogP contribution is 2.42. The van der Waals surface area contributed by atoms with Gasteiger partial charge in [0, 0.05) is 12.1 Å². The smallest absolute Gasteiger partial charge is 0.0555 e. The molecule has 2 aliphatic rings. The molecule has 0 amide bonds. The summed E-state index contributed by atoms with van der Waals surface area (Å²) in [4.78, 5) is 2.70. The summed E-state index contributed by atoms with van der Waals surface area (Å²) in [6.07, 6.45) is 7.09. The van der Waals surface area contributed by atoms with Crippen LogP contribution >= 0.6 is 0 Å². The largest absolute Gasteiger partial charge is 0.393 e. The molecule has 0 heterocycles. The van der Waals surface area contributed by atoms with Crippen LogP contribution in [0, 0.1) is 5.41 Å². The van der Waals surface area contributed by atoms with Gasteiger partial charge in [0.1, 0.15) is 0 Å². The van der Waals surface area contributed by atoms with E-state index < -0.39 is 0 Å². The van der Waals surface area contributed by atoms with Crippen LogP contribution in [0.15, 0.2) is 0 Å². The number of hydrogen-bond donors (Lipinski definition) is 1. The summed E-state index contributed by atoms with van der Waals surface area (Å²) in [5, 5.41) is 9.90. The van der Waals surface area contributed by atoms with E-state index in [1.165, 1.54) is 32.2 Å². The molecule has 2 aliphatic carbocycles. The molecule has 2 saturated carbocycles. The molecule has 2 heteroatoms. The summed E-state index contributed by atoms with van der Waals surface area (Å²) in [5.41, 5.74) is 0.386. The summed E-state index contributed by atoms with van der Waals surface area (Å²) in [6.45, 7) is 8.25. The number of rotatable bonds is 4. The maximum Gasteiger partial charge on any atom is 0.0555 e. The molecule has 1 N–H and O–H groups in total. The molecule has 2 nitrogen and oxygen atoms in total. The van der Waals surface area contributed by atoms with Gasteiger partial charge in [0.25, 0.3) is 0 Å². The standard InChI is InChI=1S/C14H27NO/c1-4-9-15(11-5-6-11)13-10-12(16)7-8-14(13,2)3/h11-13,16H,4-10H2,1-3H3. The molecular weight excluding hydrogens is 198 g/mol. The Morgan fingerprint density at radius 1 is 1.25 bits per heavy atom. The van der Waals surface area contributed by atoms with E-state index in [4.69, 9.17) is 0 Å². The fourth-order valence-corrected chi connectivity index (χ4v) is 3.24. The molecule has 0 bridgehead atoms. The van der Waals surface area contributed by atoms with Gasteiger partial charge in [0.2, 0.25) is 0 Å². The van der Waals surface area contributed by atoms with Gasteiger partial charge < -0.3 is 5.11 Å². The van der Waals surface area contributed by atoms with Crippen LogP contribution in [0.25, 0.3) is 0 Å². The molecule has 0 aromatic rings. The first-order valence-electron chi connectivity index (χ1n) is 6.98. The number of nitrogens with zero attached hydrogens (tertiary/aromatic N) is 1. The second-order valence-corrected chi connectivity index (χ2v) is 6.40. The highest BCUT2D eigenvalue weighted by atomic mass is 16.3. The quantitative estimate of drug-likeness (QED) is 0.795. The van der Waals surface area contributed by atoms with Crippen LogP contribution in [0.3, 0.4) is 0 Å². The van der Waals surface area contributed by atoms with Gasteiger partial charge in [0.05, 0.1) is 6.10 Å². The molecule has 0 spiro atoms. The predicted octanol–water partition coefficient (Wildman–Crippen LogP) is 2.80. The second kappa shape index (κ2) is 4.66. The number of aliphatic hydroxyl groups is 1. The Hall–Kier alpha value is -0.0800. The fraction of sp³-hybridized carbons (Fsp3) is 1.00. The number of aliphatic hydroxyl groups excluding tert-OH is 1. The molecule has 94 valence electrons. The molecule has 0 saturated heterocycles. The highest BCUT2D eigenvalue weighted by molar-refractivity contribution is 4.97. The van der Waals surface area contributed by atoms with Crippen LogP contribution in [0.5, 0.6) is 0 Å². The Balaban J connectivity index is 2.07. The fourth-order valence-electron chi connectivity index (χ4n) is 3.24. The Morgan fingerprint density at radius 3 is 2.50 bits per heavy atom. The summed E-state index contributed by atoms with van der Waals surface area (Å²) >= 11 is 0. The summed E-state index contributed by atoms with van der Waals surface area (Å²) in [5.74, 6) is 0. The zero-order valence-corrected chi connectivity index (χ0v) is 11.1. The lowest BCUT2D eigenvalue weighted by atomic mass is 9.71. The average molecular weight is 225 g/mol. The molecule has 0 aromatic heterocycles.